The molecule has 2 aromatic rings. The topological polar surface area (TPSA) is 79.6 Å². The van der Waals surface area contributed by atoms with Crippen LogP contribution in [0.25, 0.3) is 0 Å². The number of fused-ring (bicyclic) bond motifs is 1. The number of aliphatic imine (C=N–C) groups is 1. The first-order valence-electron chi connectivity index (χ1n) is 10.4. The van der Waals surface area contributed by atoms with Crippen molar-refractivity contribution in [1.29, 1.82) is 0 Å². The normalized spacial score (nSPS) is 17.7. The molecule has 2 heterocycles. The van der Waals surface area contributed by atoms with E-state index >= 15 is 0 Å². The summed E-state index contributed by atoms with van der Waals surface area (Å²) in [5.41, 5.74) is 1.04. The van der Waals surface area contributed by atoms with Crippen molar-refractivity contribution in [3.63, 3.8) is 0 Å². The molecule has 0 aliphatic carbocycles. The van der Waals surface area contributed by atoms with Crippen LogP contribution in [0.15, 0.2) is 29.3 Å². The summed E-state index contributed by atoms with van der Waals surface area (Å²) in [6, 6.07) is 6.91. The van der Waals surface area contributed by atoms with E-state index in [2.05, 4.69) is 25.6 Å². The zero-order valence-corrected chi connectivity index (χ0v) is 18.2. The lowest BCUT2D eigenvalue weighted by atomic mass is 10.1. The van der Waals surface area contributed by atoms with E-state index in [1.165, 1.54) is 12.1 Å². The summed E-state index contributed by atoms with van der Waals surface area (Å²) in [5.74, 6) is 2.28. The molecule has 0 radical (unpaired) electrons. The molecule has 30 heavy (non-hydrogen) atoms. The predicted octanol–water partition coefficient (Wildman–Crippen LogP) is 1.74. The molecule has 1 aromatic heterocycles. The Morgan fingerprint density at radius 3 is 2.80 bits per heavy atom. The van der Waals surface area contributed by atoms with E-state index in [9.17, 15) is 4.39 Å². The van der Waals surface area contributed by atoms with Crippen LogP contribution in [-0.4, -0.2) is 66.0 Å². The summed E-state index contributed by atoms with van der Waals surface area (Å²) >= 11 is 0. The van der Waals surface area contributed by atoms with E-state index in [1.807, 2.05) is 37.8 Å². The third-order valence-corrected chi connectivity index (χ3v) is 5.16. The highest BCUT2D eigenvalue weighted by molar-refractivity contribution is 5.80. The van der Waals surface area contributed by atoms with E-state index in [0.717, 1.165) is 49.1 Å². The molecule has 2 unspecified atom stereocenters. The van der Waals surface area contributed by atoms with Crippen molar-refractivity contribution in [3.05, 3.63) is 47.3 Å². The first-order valence-corrected chi connectivity index (χ1v) is 10.4. The van der Waals surface area contributed by atoms with Gasteiger partial charge in [-0.05, 0) is 45.1 Å². The summed E-state index contributed by atoms with van der Waals surface area (Å²) in [5, 5.41) is 11.4. The molecular weight excluding hydrogens is 385 g/mol. The third kappa shape index (κ3) is 5.76. The van der Waals surface area contributed by atoms with Crippen molar-refractivity contribution in [2.24, 2.45) is 4.99 Å². The van der Waals surface area contributed by atoms with Gasteiger partial charge in [0.1, 0.15) is 18.2 Å². The Bertz CT molecular complexity index is 834. The number of hydrogen-bond donors (Lipinski definition) is 2. The summed E-state index contributed by atoms with van der Waals surface area (Å²) < 4.78 is 20.4. The van der Waals surface area contributed by atoms with Crippen molar-refractivity contribution in [2.75, 3.05) is 34.3 Å². The molecule has 1 aliphatic heterocycles. The number of guanidine groups is 1. The van der Waals surface area contributed by atoms with Gasteiger partial charge in [-0.1, -0.05) is 12.1 Å². The molecule has 0 spiro atoms. The lowest BCUT2D eigenvalue weighted by Gasteiger charge is -2.27. The number of benzene rings is 1. The van der Waals surface area contributed by atoms with Crippen LogP contribution >= 0.6 is 0 Å². The Morgan fingerprint density at radius 1 is 1.37 bits per heavy atom. The maximum Gasteiger partial charge on any atom is 0.191 e. The quantitative estimate of drug-likeness (QED) is 0.503. The first kappa shape index (κ1) is 22.2. The third-order valence-electron chi connectivity index (χ3n) is 5.16. The van der Waals surface area contributed by atoms with Gasteiger partial charge in [0.15, 0.2) is 11.8 Å². The molecule has 9 heteroatoms. The number of ether oxygens (including phenoxy) is 1. The molecule has 0 saturated carbocycles. The Hall–Kier alpha value is -2.52. The van der Waals surface area contributed by atoms with Crippen LogP contribution in [0.2, 0.25) is 0 Å². The van der Waals surface area contributed by atoms with Crippen molar-refractivity contribution < 1.29 is 9.13 Å². The molecule has 3 rings (SSSR count). The van der Waals surface area contributed by atoms with Crippen LogP contribution in [0.3, 0.4) is 0 Å². The first-order chi connectivity index (χ1) is 14.5. The van der Waals surface area contributed by atoms with Crippen LogP contribution < -0.4 is 10.6 Å². The second-order valence-electron chi connectivity index (χ2n) is 7.69. The monoisotopic (exact) mass is 417 g/mol. The van der Waals surface area contributed by atoms with Crippen LogP contribution in [0, 0.1) is 5.82 Å². The van der Waals surface area contributed by atoms with Crippen molar-refractivity contribution in [1.82, 2.24) is 30.3 Å². The van der Waals surface area contributed by atoms with E-state index in [4.69, 9.17) is 9.73 Å². The van der Waals surface area contributed by atoms with Gasteiger partial charge < -0.3 is 20.3 Å². The molecule has 2 atom stereocenters. The summed E-state index contributed by atoms with van der Waals surface area (Å²) in [6.45, 7) is 4.55. The number of methoxy groups -OCH3 is 1. The molecule has 1 aromatic carbocycles. The smallest absolute Gasteiger partial charge is 0.191 e. The standard InChI is InChI=1S/C21H32FN7O/c1-5-23-21(24-12-18(28(2)3)15-6-8-16(22)9-7-15)25-17-10-11-20-26-19(14-30-4)27-29(20)13-17/h6-9,17-18H,5,10-14H2,1-4H3,(H2,23,24,25). The Morgan fingerprint density at radius 2 is 2.13 bits per heavy atom. The van der Waals surface area contributed by atoms with Gasteiger partial charge in [-0.25, -0.2) is 14.1 Å². The predicted molar refractivity (Wildman–Crippen MR) is 115 cm³/mol. The Balaban J connectivity index is 1.67. The summed E-state index contributed by atoms with van der Waals surface area (Å²) in [6.07, 6.45) is 1.83. The van der Waals surface area contributed by atoms with E-state index in [1.54, 1.807) is 7.11 Å². The number of likely N-dealkylation sites (N-methyl/N-ethyl adjacent to an activating group) is 1. The highest BCUT2D eigenvalue weighted by Crippen LogP contribution is 2.19. The molecule has 164 valence electrons. The fourth-order valence-corrected chi connectivity index (χ4v) is 3.61. The van der Waals surface area contributed by atoms with Gasteiger partial charge in [-0.3, -0.25) is 4.99 Å². The highest BCUT2D eigenvalue weighted by atomic mass is 19.1. The van der Waals surface area contributed by atoms with Gasteiger partial charge in [0.2, 0.25) is 0 Å². The number of hydrogen-bond acceptors (Lipinski definition) is 5. The number of nitrogens with one attached hydrogen (secondary N) is 2. The average Bonchev–Trinajstić information content (AvgIpc) is 3.11. The average molecular weight is 418 g/mol. The van der Waals surface area contributed by atoms with Gasteiger partial charge in [0.25, 0.3) is 0 Å². The second-order valence-corrected chi connectivity index (χ2v) is 7.69. The molecule has 1 aliphatic rings. The number of nitrogens with zero attached hydrogens (tertiary/aromatic N) is 5. The van der Waals surface area contributed by atoms with Crippen molar-refractivity contribution >= 4 is 5.96 Å². The number of aryl methyl sites for hydroxylation is 1. The minimum Gasteiger partial charge on any atom is -0.377 e. The fourth-order valence-electron chi connectivity index (χ4n) is 3.61. The minimum atomic E-state index is -0.229. The second kappa shape index (κ2) is 10.5. The summed E-state index contributed by atoms with van der Waals surface area (Å²) in [7, 11) is 5.67. The number of aromatic nitrogens is 3. The maximum absolute atomic E-state index is 13.3. The van der Waals surface area contributed by atoms with Crippen LogP contribution in [0.5, 0.6) is 0 Å². The van der Waals surface area contributed by atoms with Gasteiger partial charge in [0, 0.05) is 26.1 Å². The van der Waals surface area contributed by atoms with Crippen LogP contribution in [0.1, 0.15) is 36.6 Å². The molecular formula is C21H32FN7O. The van der Waals surface area contributed by atoms with Crippen LogP contribution in [0.4, 0.5) is 4.39 Å². The van der Waals surface area contributed by atoms with Gasteiger partial charge in [-0.2, -0.15) is 5.10 Å². The zero-order valence-electron chi connectivity index (χ0n) is 18.2. The van der Waals surface area contributed by atoms with Crippen LogP contribution in [-0.2, 0) is 24.3 Å². The Labute approximate surface area is 177 Å². The van der Waals surface area contributed by atoms with E-state index in [0.29, 0.717) is 13.2 Å². The zero-order chi connectivity index (χ0) is 21.5. The summed E-state index contributed by atoms with van der Waals surface area (Å²) in [4.78, 5) is 11.4. The van der Waals surface area contributed by atoms with Gasteiger partial charge in [0.05, 0.1) is 19.1 Å². The number of rotatable bonds is 8. The SMILES string of the molecule is CCNC(=NCC(c1ccc(F)cc1)N(C)C)NC1CCc2nc(COC)nn2C1. The van der Waals surface area contributed by atoms with E-state index < -0.39 is 0 Å². The molecule has 2 N–H and O–H groups in total. The molecule has 0 amide bonds. The molecule has 0 bridgehead atoms. The number of halogens is 1. The highest BCUT2D eigenvalue weighted by Gasteiger charge is 2.23. The van der Waals surface area contributed by atoms with Crippen molar-refractivity contribution in [2.45, 2.75) is 45.0 Å². The Kier molecular flexibility index (Phi) is 7.75. The van der Waals surface area contributed by atoms with Crippen molar-refractivity contribution in [3.8, 4) is 0 Å². The lowest BCUT2D eigenvalue weighted by molar-refractivity contribution is 0.177. The van der Waals surface area contributed by atoms with Gasteiger partial charge >= 0.3 is 0 Å². The van der Waals surface area contributed by atoms with E-state index in [-0.39, 0.29) is 17.9 Å². The molecule has 8 nitrogen and oxygen atoms in total. The van der Waals surface area contributed by atoms with Gasteiger partial charge in [-0.15, -0.1) is 0 Å². The molecule has 0 fully saturated rings. The largest absolute Gasteiger partial charge is 0.377 e. The molecule has 0 saturated heterocycles. The maximum atomic E-state index is 13.3. The lowest BCUT2D eigenvalue weighted by Crippen LogP contribution is -2.47. The minimum absolute atomic E-state index is 0.0610. The fraction of sp³-hybridized carbons (Fsp3) is 0.571.